The van der Waals surface area contributed by atoms with Crippen molar-refractivity contribution in [3.63, 3.8) is 0 Å². The Kier molecular flexibility index (Phi) is 4.80. The van der Waals surface area contributed by atoms with E-state index >= 15 is 0 Å². The van der Waals surface area contributed by atoms with E-state index in [2.05, 4.69) is 22.0 Å². The minimum absolute atomic E-state index is 0.374. The predicted octanol–water partition coefficient (Wildman–Crippen LogP) is 0.540. The van der Waals surface area contributed by atoms with Crippen LogP contribution in [0.4, 0.5) is 0 Å². The van der Waals surface area contributed by atoms with Crippen LogP contribution in [-0.2, 0) is 4.79 Å². The second-order valence-corrected chi connectivity index (χ2v) is 5.29. The number of amides is 1. The molecule has 0 aromatic heterocycles. The van der Waals surface area contributed by atoms with Gasteiger partial charge in [-0.3, -0.25) is 9.69 Å². The van der Waals surface area contributed by atoms with Crippen LogP contribution in [0, 0.1) is 5.92 Å². The molecule has 0 aromatic rings. The highest BCUT2D eigenvalue weighted by atomic mass is 16.2. The van der Waals surface area contributed by atoms with Gasteiger partial charge in [0.2, 0.25) is 5.91 Å². The van der Waals surface area contributed by atoms with E-state index in [4.69, 9.17) is 0 Å². The lowest BCUT2D eigenvalue weighted by Crippen LogP contribution is -2.46. The third kappa shape index (κ3) is 3.68. The van der Waals surface area contributed by atoms with Crippen molar-refractivity contribution >= 4 is 5.91 Å². The Balaban J connectivity index is 1.69. The van der Waals surface area contributed by atoms with Crippen LogP contribution in [0.2, 0.25) is 0 Å². The summed E-state index contributed by atoms with van der Waals surface area (Å²) in [5.41, 5.74) is 0. The Morgan fingerprint density at radius 2 is 2.06 bits per heavy atom. The van der Waals surface area contributed by atoms with E-state index in [-0.39, 0.29) is 0 Å². The highest BCUT2D eigenvalue weighted by Gasteiger charge is 2.28. The maximum Gasteiger partial charge on any atom is 0.222 e. The van der Waals surface area contributed by atoms with Crippen molar-refractivity contribution in [2.24, 2.45) is 5.92 Å². The lowest BCUT2D eigenvalue weighted by Gasteiger charge is -2.29. The Morgan fingerprint density at radius 3 is 2.76 bits per heavy atom. The lowest BCUT2D eigenvalue weighted by molar-refractivity contribution is -0.127. The number of likely N-dealkylation sites (tertiary alicyclic amines) is 1. The van der Waals surface area contributed by atoms with Gasteiger partial charge in [-0.25, -0.2) is 0 Å². The first kappa shape index (κ1) is 12.8. The molecule has 0 radical (unpaired) electrons. The summed E-state index contributed by atoms with van der Waals surface area (Å²) in [6, 6.07) is 0. The molecular formula is C13H25N3O. The van der Waals surface area contributed by atoms with Gasteiger partial charge < -0.3 is 10.2 Å². The Labute approximate surface area is 104 Å². The molecule has 17 heavy (non-hydrogen) atoms. The molecule has 2 aliphatic heterocycles. The first-order valence-corrected chi connectivity index (χ1v) is 7.00. The van der Waals surface area contributed by atoms with Gasteiger partial charge in [-0.15, -0.1) is 0 Å². The largest absolute Gasteiger partial charge is 0.341 e. The fourth-order valence-electron chi connectivity index (χ4n) is 2.87. The molecule has 0 aliphatic carbocycles. The minimum Gasteiger partial charge on any atom is -0.341 e. The zero-order chi connectivity index (χ0) is 12.1. The summed E-state index contributed by atoms with van der Waals surface area (Å²) in [5, 5.41) is 3.35. The smallest absolute Gasteiger partial charge is 0.222 e. The summed E-state index contributed by atoms with van der Waals surface area (Å²) in [6.45, 7) is 9.61. The Morgan fingerprint density at radius 1 is 1.29 bits per heavy atom. The van der Waals surface area contributed by atoms with E-state index in [1.54, 1.807) is 0 Å². The van der Waals surface area contributed by atoms with Gasteiger partial charge >= 0.3 is 0 Å². The predicted molar refractivity (Wildman–Crippen MR) is 68.9 cm³/mol. The number of nitrogens with zero attached hydrogens (tertiary/aromatic N) is 2. The van der Waals surface area contributed by atoms with Gasteiger partial charge in [-0.05, 0) is 12.3 Å². The molecular weight excluding hydrogens is 214 g/mol. The fourth-order valence-corrected chi connectivity index (χ4v) is 2.87. The quantitative estimate of drug-likeness (QED) is 0.760. The summed E-state index contributed by atoms with van der Waals surface area (Å²) in [4.78, 5) is 16.4. The first-order chi connectivity index (χ1) is 8.29. The summed E-state index contributed by atoms with van der Waals surface area (Å²) in [6.07, 6.45) is 3.19. The van der Waals surface area contributed by atoms with E-state index in [0.29, 0.717) is 11.8 Å². The van der Waals surface area contributed by atoms with Gasteiger partial charge in [-0.2, -0.15) is 0 Å². The number of carbonyl (C=O) groups excluding carboxylic acids is 1. The molecule has 0 bridgehead atoms. The normalized spacial score (nSPS) is 26.8. The van der Waals surface area contributed by atoms with Crippen molar-refractivity contribution < 1.29 is 4.79 Å². The topological polar surface area (TPSA) is 35.6 Å². The van der Waals surface area contributed by atoms with Crippen molar-refractivity contribution in [1.29, 1.82) is 0 Å². The zero-order valence-corrected chi connectivity index (χ0v) is 11.0. The van der Waals surface area contributed by atoms with Crippen LogP contribution in [0.15, 0.2) is 0 Å². The second kappa shape index (κ2) is 6.36. The van der Waals surface area contributed by atoms with Crippen molar-refractivity contribution in [2.75, 3.05) is 45.8 Å². The molecule has 0 spiro atoms. The Hall–Kier alpha value is -0.610. The molecule has 1 N–H and O–H groups in total. The second-order valence-electron chi connectivity index (χ2n) is 5.29. The van der Waals surface area contributed by atoms with E-state index < -0.39 is 0 Å². The average Bonchev–Trinajstić information content (AvgIpc) is 2.69. The number of piperazine rings is 1. The van der Waals surface area contributed by atoms with Crippen molar-refractivity contribution in [3.05, 3.63) is 0 Å². The first-order valence-electron chi connectivity index (χ1n) is 7.00. The van der Waals surface area contributed by atoms with E-state index in [1.165, 1.54) is 12.8 Å². The summed E-state index contributed by atoms with van der Waals surface area (Å²) in [5.74, 6) is 0.995. The van der Waals surface area contributed by atoms with Crippen LogP contribution in [0.3, 0.4) is 0 Å². The van der Waals surface area contributed by atoms with Crippen LogP contribution in [0.1, 0.15) is 26.2 Å². The molecule has 4 nitrogen and oxygen atoms in total. The van der Waals surface area contributed by atoms with Gasteiger partial charge in [0.25, 0.3) is 0 Å². The van der Waals surface area contributed by atoms with Crippen molar-refractivity contribution in [1.82, 2.24) is 15.1 Å². The molecule has 2 fully saturated rings. The summed E-state index contributed by atoms with van der Waals surface area (Å²) < 4.78 is 0. The highest BCUT2D eigenvalue weighted by molar-refractivity contribution is 5.78. The van der Waals surface area contributed by atoms with Crippen LogP contribution in [0.25, 0.3) is 0 Å². The molecule has 1 amide bonds. The summed E-state index contributed by atoms with van der Waals surface area (Å²) in [7, 11) is 0. The number of hydrogen-bond donors (Lipinski definition) is 1. The SMILES string of the molecule is CCCC1CC(=O)N(CCN2CCNCC2)C1. The van der Waals surface area contributed by atoms with Gasteiger partial charge in [0.1, 0.15) is 0 Å². The van der Waals surface area contributed by atoms with Gasteiger partial charge in [-0.1, -0.05) is 13.3 Å². The van der Waals surface area contributed by atoms with Crippen LogP contribution < -0.4 is 5.32 Å². The van der Waals surface area contributed by atoms with Crippen molar-refractivity contribution in [3.8, 4) is 0 Å². The molecule has 4 heteroatoms. The number of carbonyl (C=O) groups is 1. The van der Waals surface area contributed by atoms with E-state index in [1.807, 2.05) is 0 Å². The molecule has 2 rings (SSSR count). The Bertz CT molecular complexity index is 251. The van der Waals surface area contributed by atoms with Crippen molar-refractivity contribution in [2.45, 2.75) is 26.2 Å². The maximum atomic E-state index is 11.8. The van der Waals surface area contributed by atoms with Crippen LogP contribution >= 0.6 is 0 Å². The summed E-state index contributed by atoms with van der Waals surface area (Å²) >= 11 is 0. The van der Waals surface area contributed by atoms with Gasteiger partial charge in [0.15, 0.2) is 0 Å². The zero-order valence-electron chi connectivity index (χ0n) is 11.0. The molecule has 2 saturated heterocycles. The molecule has 98 valence electrons. The maximum absolute atomic E-state index is 11.8. The minimum atomic E-state index is 0.374. The number of nitrogens with one attached hydrogen (secondary N) is 1. The monoisotopic (exact) mass is 239 g/mol. The lowest BCUT2D eigenvalue weighted by atomic mass is 10.0. The standard InChI is InChI=1S/C13H25N3O/c1-2-3-12-10-13(17)16(11-12)9-8-15-6-4-14-5-7-15/h12,14H,2-11H2,1H3. The fraction of sp³-hybridized carbons (Fsp3) is 0.923. The van der Waals surface area contributed by atoms with Crippen LogP contribution in [-0.4, -0.2) is 61.5 Å². The molecule has 0 saturated carbocycles. The molecule has 0 aromatic carbocycles. The van der Waals surface area contributed by atoms with Gasteiger partial charge in [0, 0.05) is 52.2 Å². The van der Waals surface area contributed by atoms with Crippen LogP contribution in [0.5, 0.6) is 0 Å². The molecule has 1 unspecified atom stereocenters. The third-order valence-electron chi connectivity index (χ3n) is 3.89. The van der Waals surface area contributed by atoms with E-state index in [0.717, 1.165) is 52.2 Å². The number of rotatable bonds is 5. The highest BCUT2D eigenvalue weighted by Crippen LogP contribution is 2.21. The third-order valence-corrected chi connectivity index (χ3v) is 3.89. The van der Waals surface area contributed by atoms with E-state index in [9.17, 15) is 4.79 Å². The average molecular weight is 239 g/mol. The van der Waals surface area contributed by atoms with Gasteiger partial charge in [0.05, 0.1) is 0 Å². The molecule has 2 aliphatic rings. The molecule has 2 heterocycles. The molecule has 1 atom stereocenters. The number of hydrogen-bond acceptors (Lipinski definition) is 3.